The molecule has 1 saturated carbocycles. The van der Waals surface area contributed by atoms with Crippen LogP contribution in [0.25, 0.3) is 0 Å². The fraction of sp³-hybridized carbons (Fsp3) is 0.692. The van der Waals surface area contributed by atoms with Crippen molar-refractivity contribution in [2.24, 2.45) is 0 Å². The van der Waals surface area contributed by atoms with Gasteiger partial charge >= 0.3 is 0 Å². The van der Waals surface area contributed by atoms with E-state index in [1.165, 1.54) is 24.9 Å². The summed E-state index contributed by atoms with van der Waals surface area (Å²) in [5.41, 5.74) is 1.95. The zero-order chi connectivity index (χ0) is 22.8. The molecule has 180 valence electrons. The van der Waals surface area contributed by atoms with E-state index in [4.69, 9.17) is 0 Å². The van der Waals surface area contributed by atoms with Crippen LogP contribution in [0, 0.1) is 0 Å². The first-order chi connectivity index (χ1) is 16.1. The van der Waals surface area contributed by atoms with E-state index in [2.05, 4.69) is 38.7 Å². The molecule has 0 spiro atoms. The number of hydrogen-bond donors (Lipinski definition) is 0. The maximum Gasteiger partial charge on any atom is 0.254 e. The maximum absolute atomic E-state index is 12.8. The van der Waals surface area contributed by atoms with Crippen molar-refractivity contribution >= 4 is 17.5 Å². The van der Waals surface area contributed by atoms with Gasteiger partial charge in [0.1, 0.15) is 0 Å². The van der Waals surface area contributed by atoms with Crippen LogP contribution >= 0.6 is 0 Å². The number of carbonyl (C=O) groups excluding carboxylic acids is 2. The largest absolute Gasteiger partial charge is 0.369 e. The average molecular weight is 454 g/mol. The molecule has 4 fully saturated rings. The highest BCUT2D eigenvalue weighted by atomic mass is 16.2. The second-order valence-electron chi connectivity index (χ2n) is 10.3. The molecule has 1 aliphatic carbocycles. The third kappa shape index (κ3) is 5.04. The molecule has 1 aromatic carbocycles. The predicted molar refractivity (Wildman–Crippen MR) is 131 cm³/mol. The fourth-order valence-electron chi connectivity index (χ4n) is 5.76. The molecule has 7 heteroatoms. The number of nitrogens with zero attached hydrogens (tertiary/aromatic N) is 5. The van der Waals surface area contributed by atoms with Gasteiger partial charge in [-0.15, -0.1) is 0 Å². The summed E-state index contributed by atoms with van der Waals surface area (Å²) in [5.74, 6) is 0.444. The molecule has 7 nitrogen and oxygen atoms in total. The number of rotatable bonds is 5. The van der Waals surface area contributed by atoms with Crippen LogP contribution in [0.3, 0.4) is 0 Å². The average Bonchev–Trinajstić information content (AvgIpc) is 3.24. The maximum atomic E-state index is 12.8. The molecule has 5 rings (SSSR count). The molecule has 0 bridgehead atoms. The van der Waals surface area contributed by atoms with Gasteiger partial charge in [0.05, 0.1) is 6.54 Å². The zero-order valence-corrected chi connectivity index (χ0v) is 20.1. The molecule has 4 aliphatic rings. The van der Waals surface area contributed by atoms with E-state index in [-0.39, 0.29) is 11.8 Å². The highest BCUT2D eigenvalue weighted by Gasteiger charge is 2.30. The van der Waals surface area contributed by atoms with E-state index >= 15 is 0 Å². The fourth-order valence-corrected chi connectivity index (χ4v) is 5.76. The SMILES string of the molecule is CC1CCCN1C(=O)c1ccc(N2CCN(CC(=O)N3CCN(C4CCC4)CC3)CC2)cc1. The van der Waals surface area contributed by atoms with Crippen molar-refractivity contribution in [1.29, 1.82) is 0 Å². The van der Waals surface area contributed by atoms with Gasteiger partial charge in [0.2, 0.25) is 5.91 Å². The molecule has 33 heavy (non-hydrogen) atoms. The number of anilines is 1. The molecule has 1 unspecified atom stereocenters. The van der Waals surface area contributed by atoms with E-state index in [1.807, 2.05) is 17.0 Å². The second kappa shape index (κ2) is 10.0. The summed E-state index contributed by atoms with van der Waals surface area (Å²) >= 11 is 0. The molecule has 0 N–H and O–H groups in total. The topological polar surface area (TPSA) is 50.3 Å². The van der Waals surface area contributed by atoms with Crippen molar-refractivity contribution in [1.82, 2.24) is 19.6 Å². The summed E-state index contributed by atoms with van der Waals surface area (Å²) in [6, 6.07) is 9.24. The Labute approximate surface area is 198 Å². The van der Waals surface area contributed by atoms with Crippen LogP contribution in [0.1, 0.15) is 49.4 Å². The highest BCUT2D eigenvalue weighted by Crippen LogP contribution is 2.26. The van der Waals surface area contributed by atoms with Gasteiger partial charge < -0.3 is 14.7 Å². The van der Waals surface area contributed by atoms with E-state index in [9.17, 15) is 9.59 Å². The number of benzene rings is 1. The van der Waals surface area contributed by atoms with Gasteiger partial charge in [-0.25, -0.2) is 0 Å². The number of likely N-dealkylation sites (tertiary alicyclic amines) is 1. The number of carbonyl (C=O) groups is 2. The van der Waals surface area contributed by atoms with Gasteiger partial charge in [-0.3, -0.25) is 19.4 Å². The first kappa shape index (κ1) is 22.7. The Kier molecular flexibility index (Phi) is 6.88. The monoisotopic (exact) mass is 453 g/mol. The standard InChI is InChI=1S/C26H39N5O2/c1-21-4-3-11-31(21)26(33)22-7-9-24(10-8-22)28-14-12-27(13-15-28)20-25(32)30-18-16-29(17-19-30)23-5-2-6-23/h7-10,21,23H,2-6,11-20H2,1H3. The summed E-state index contributed by atoms with van der Waals surface area (Å²) in [6.07, 6.45) is 6.27. The molecule has 1 atom stereocenters. The lowest BCUT2D eigenvalue weighted by Gasteiger charge is -2.43. The van der Waals surface area contributed by atoms with Gasteiger partial charge in [-0.05, 0) is 56.9 Å². The van der Waals surface area contributed by atoms with Crippen molar-refractivity contribution in [2.75, 3.05) is 70.3 Å². The molecule has 3 heterocycles. The first-order valence-corrected chi connectivity index (χ1v) is 13.0. The molecule has 3 saturated heterocycles. The summed E-state index contributed by atoms with van der Waals surface area (Å²) in [7, 11) is 0. The summed E-state index contributed by atoms with van der Waals surface area (Å²) in [6.45, 7) is 11.0. The van der Waals surface area contributed by atoms with Crippen molar-refractivity contribution in [3.63, 3.8) is 0 Å². The number of hydrogen-bond acceptors (Lipinski definition) is 5. The van der Waals surface area contributed by atoms with Crippen molar-refractivity contribution in [3.8, 4) is 0 Å². The zero-order valence-electron chi connectivity index (χ0n) is 20.1. The van der Waals surface area contributed by atoms with Crippen LogP contribution in [0.5, 0.6) is 0 Å². The summed E-state index contributed by atoms with van der Waals surface area (Å²) in [4.78, 5) is 36.9. The van der Waals surface area contributed by atoms with Crippen molar-refractivity contribution < 1.29 is 9.59 Å². The highest BCUT2D eigenvalue weighted by molar-refractivity contribution is 5.95. The molecule has 3 aliphatic heterocycles. The van der Waals surface area contributed by atoms with Crippen LogP contribution in [0.4, 0.5) is 5.69 Å². The predicted octanol–water partition coefficient (Wildman–Crippen LogP) is 2.13. The lowest BCUT2D eigenvalue weighted by Crippen LogP contribution is -2.56. The van der Waals surface area contributed by atoms with Gasteiger partial charge in [0, 0.05) is 82.2 Å². The van der Waals surface area contributed by atoms with Crippen LogP contribution in [0.2, 0.25) is 0 Å². The van der Waals surface area contributed by atoms with Crippen molar-refractivity contribution in [3.05, 3.63) is 29.8 Å². The Balaban J connectivity index is 1.06. The quantitative estimate of drug-likeness (QED) is 0.684. The van der Waals surface area contributed by atoms with Crippen LogP contribution in [-0.4, -0.2) is 109 Å². The van der Waals surface area contributed by atoms with Gasteiger partial charge in [-0.1, -0.05) is 6.42 Å². The molecule has 0 aromatic heterocycles. The minimum absolute atomic E-state index is 0.156. The van der Waals surface area contributed by atoms with Gasteiger partial charge in [-0.2, -0.15) is 0 Å². The molecular weight excluding hydrogens is 414 g/mol. The molecule has 1 aromatic rings. The van der Waals surface area contributed by atoms with Crippen LogP contribution in [-0.2, 0) is 4.79 Å². The summed E-state index contributed by atoms with van der Waals surface area (Å²) in [5, 5.41) is 0. The second-order valence-corrected chi connectivity index (χ2v) is 10.3. The molecule has 0 radical (unpaired) electrons. The lowest BCUT2D eigenvalue weighted by molar-refractivity contribution is -0.134. The normalized spacial score (nSPS) is 25.4. The van der Waals surface area contributed by atoms with E-state index < -0.39 is 0 Å². The Morgan fingerprint density at radius 1 is 0.818 bits per heavy atom. The minimum atomic E-state index is 0.156. The third-order valence-corrected chi connectivity index (χ3v) is 8.28. The Hall–Kier alpha value is -2.12. The minimum Gasteiger partial charge on any atom is -0.369 e. The third-order valence-electron chi connectivity index (χ3n) is 8.28. The molecular formula is C26H39N5O2. The van der Waals surface area contributed by atoms with E-state index in [0.717, 1.165) is 83.3 Å². The number of amides is 2. The summed E-state index contributed by atoms with van der Waals surface area (Å²) < 4.78 is 0. The van der Waals surface area contributed by atoms with Crippen LogP contribution in [0.15, 0.2) is 24.3 Å². The first-order valence-electron chi connectivity index (χ1n) is 13.0. The van der Waals surface area contributed by atoms with E-state index in [0.29, 0.717) is 12.6 Å². The Morgan fingerprint density at radius 2 is 1.52 bits per heavy atom. The van der Waals surface area contributed by atoms with Gasteiger partial charge in [0.25, 0.3) is 5.91 Å². The van der Waals surface area contributed by atoms with Crippen molar-refractivity contribution in [2.45, 2.75) is 51.1 Å². The van der Waals surface area contributed by atoms with Gasteiger partial charge in [0.15, 0.2) is 0 Å². The van der Waals surface area contributed by atoms with Crippen LogP contribution < -0.4 is 4.90 Å². The lowest BCUT2D eigenvalue weighted by atomic mass is 9.91. The molecule has 2 amide bonds. The smallest absolute Gasteiger partial charge is 0.254 e. The van der Waals surface area contributed by atoms with E-state index in [1.54, 1.807) is 0 Å². The Bertz CT molecular complexity index is 824. The Morgan fingerprint density at radius 3 is 2.09 bits per heavy atom. The number of piperazine rings is 2.